The Labute approximate surface area is 183 Å². The summed E-state index contributed by atoms with van der Waals surface area (Å²) in [5.41, 5.74) is 9.33. The lowest BCUT2D eigenvalue weighted by atomic mass is 9.93. The van der Waals surface area contributed by atoms with Crippen LogP contribution in [0.4, 0.5) is 15.9 Å². The fourth-order valence-corrected chi connectivity index (χ4v) is 4.36. The van der Waals surface area contributed by atoms with Gasteiger partial charge in [0.2, 0.25) is 0 Å². The molecular formula is C24H21FN6O. The molecule has 0 bridgehead atoms. The largest absolute Gasteiger partial charge is 0.508 e. The molecule has 1 saturated heterocycles. The molecule has 1 fully saturated rings. The summed E-state index contributed by atoms with van der Waals surface area (Å²) in [5.74, 6) is -0.594. The van der Waals surface area contributed by atoms with E-state index in [-0.39, 0.29) is 28.4 Å². The number of nitriles is 1. The van der Waals surface area contributed by atoms with Gasteiger partial charge in [0.05, 0.1) is 16.6 Å². The van der Waals surface area contributed by atoms with Crippen LogP contribution in [0.1, 0.15) is 24.8 Å². The minimum atomic E-state index is -0.678. The molecule has 160 valence electrons. The summed E-state index contributed by atoms with van der Waals surface area (Å²) in [6.07, 6.45) is 3.61. The quantitative estimate of drug-likeness (QED) is 0.440. The lowest BCUT2D eigenvalue weighted by Gasteiger charge is -2.29. The van der Waals surface area contributed by atoms with E-state index in [2.05, 4.69) is 26.2 Å². The Morgan fingerprint density at radius 2 is 1.84 bits per heavy atom. The average molecular weight is 428 g/mol. The number of hydrogen-bond acceptors (Lipinski definition) is 6. The Balaban J connectivity index is 1.71. The zero-order chi connectivity index (χ0) is 22.2. The van der Waals surface area contributed by atoms with E-state index in [9.17, 15) is 14.8 Å². The Morgan fingerprint density at radius 1 is 1.09 bits per heavy atom. The Morgan fingerprint density at radius 3 is 2.53 bits per heavy atom. The molecule has 3 heterocycles. The van der Waals surface area contributed by atoms with Crippen molar-refractivity contribution < 1.29 is 9.50 Å². The van der Waals surface area contributed by atoms with Crippen LogP contribution in [0, 0.1) is 17.1 Å². The van der Waals surface area contributed by atoms with Gasteiger partial charge in [-0.2, -0.15) is 10.4 Å². The molecule has 0 atom stereocenters. The second-order valence-corrected chi connectivity index (χ2v) is 7.92. The Bertz CT molecular complexity index is 1350. The van der Waals surface area contributed by atoms with Crippen LogP contribution in [-0.4, -0.2) is 33.4 Å². The standard InChI is InChI=1S/C24H21FN6O/c25-19-12-16(32)8-9-17(19)22-18(13-26)20(21-23(27)29-30-24(21)28-22)14-4-6-15(7-5-14)31-10-2-1-3-11-31/h4-9,12,32H,1-3,10-11H2,(H3,27,28,29,30). The van der Waals surface area contributed by atoms with Crippen molar-refractivity contribution in [3.63, 3.8) is 0 Å². The van der Waals surface area contributed by atoms with Crippen LogP contribution in [-0.2, 0) is 0 Å². The third-order valence-corrected chi connectivity index (χ3v) is 5.93. The summed E-state index contributed by atoms with van der Waals surface area (Å²) >= 11 is 0. The number of rotatable bonds is 3. The number of anilines is 2. The first-order valence-electron chi connectivity index (χ1n) is 10.5. The molecule has 2 aromatic carbocycles. The third-order valence-electron chi connectivity index (χ3n) is 5.93. The number of nitrogen functional groups attached to an aromatic ring is 1. The SMILES string of the molecule is N#Cc1c(-c2ccc(O)cc2F)nc2n[nH]c(N)c2c1-c1ccc(N2CCCCC2)cc1. The van der Waals surface area contributed by atoms with E-state index >= 15 is 0 Å². The maximum Gasteiger partial charge on any atom is 0.184 e. The Hall–Kier alpha value is -4.12. The highest BCUT2D eigenvalue weighted by molar-refractivity contribution is 6.04. The molecule has 1 aliphatic rings. The second-order valence-electron chi connectivity index (χ2n) is 7.92. The first-order valence-corrected chi connectivity index (χ1v) is 10.5. The van der Waals surface area contributed by atoms with Gasteiger partial charge in [-0.1, -0.05) is 12.1 Å². The molecule has 0 radical (unpaired) electrons. The fourth-order valence-electron chi connectivity index (χ4n) is 4.36. The highest BCUT2D eigenvalue weighted by Gasteiger charge is 2.23. The summed E-state index contributed by atoms with van der Waals surface area (Å²) < 4.78 is 14.7. The van der Waals surface area contributed by atoms with Gasteiger partial charge in [-0.05, 0) is 49.1 Å². The molecule has 1 aliphatic heterocycles. The lowest BCUT2D eigenvalue weighted by Crippen LogP contribution is -2.29. The molecule has 32 heavy (non-hydrogen) atoms. The number of hydrogen-bond donors (Lipinski definition) is 3. The minimum absolute atomic E-state index is 0.106. The summed E-state index contributed by atoms with van der Waals surface area (Å²) in [6.45, 7) is 2.06. The van der Waals surface area contributed by atoms with Gasteiger partial charge in [-0.15, -0.1) is 0 Å². The number of piperidine rings is 1. The fraction of sp³-hybridized carbons (Fsp3) is 0.208. The van der Waals surface area contributed by atoms with Crippen molar-refractivity contribution in [1.82, 2.24) is 15.2 Å². The smallest absolute Gasteiger partial charge is 0.184 e. The van der Waals surface area contributed by atoms with E-state index in [4.69, 9.17) is 5.73 Å². The number of phenols is 1. The zero-order valence-electron chi connectivity index (χ0n) is 17.3. The Kier molecular flexibility index (Phi) is 4.86. The zero-order valence-corrected chi connectivity index (χ0v) is 17.3. The van der Waals surface area contributed by atoms with Gasteiger partial charge >= 0.3 is 0 Å². The summed E-state index contributed by atoms with van der Waals surface area (Å²) in [7, 11) is 0. The van der Waals surface area contributed by atoms with Crippen molar-refractivity contribution in [2.75, 3.05) is 23.7 Å². The van der Waals surface area contributed by atoms with Crippen LogP contribution in [0.15, 0.2) is 42.5 Å². The molecular weight excluding hydrogens is 407 g/mol. The number of aromatic amines is 1. The molecule has 0 aliphatic carbocycles. The van der Waals surface area contributed by atoms with Crippen molar-refractivity contribution in [3.8, 4) is 34.2 Å². The molecule has 4 N–H and O–H groups in total. The highest BCUT2D eigenvalue weighted by Crippen LogP contribution is 2.39. The van der Waals surface area contributed by atoms with Crippen LogP contribution in [0.5, 0.6) is 5.75 Å². The second kappa shape index (κ2) is 7.85. The van der Waals surface area contributed by atoms with E-state index in [1.165, 1.54) is 31.4 Å². The summed E-state index contributed by atoms with van der Waals surface area (Å²) in [5, 5.41) is 27.1. The number of phenolic OH excluding ortho intramolecular Hbond substituents is 1. The van der Waals surface area contributed by atoms with Crippen LogP contribution < -0.4 is 10.6 Å². The molecule has 0 saturated carbocycles. The third kappa shape index (κ3) is 3.28. The number of nitrogens with two attached hydrogens (primary N) is 1. The van der Waals surface area contributed by atoms with Crippen molar-refractivity contribution in [2.24, 2.45) is 0 Å². The topological polar surface area (TPSA) is 115 Å². The van der Waals surface area contributed by atoms with Crippen molar-refractivity contribution in [1.29, 1.82) is 5.26 Å². The van der Waals surface area contributed by atoms with E-state index in [1.807, 2.05) is 24.3 Å². The summed E-state index contributed by atoms with van der Waals surface area (Å²) in [4.78, 5) is 6.78. The van der Waals surface area contributed by atoms with E-state index in [0.29, 0.717) is 16.6 Å². The van der Waals surface area contributed by atoms with E-state index in [1.54, 1.807) is 0 Å². The van der Waals surface area contributed by atoms with Gasteiger partial charge < -0.3 is 15.7 Å². The predicted octanol–water partition coefficient (Wildman–Crippen LogP) is 4.58. The van der Waals surface area contributed by atoms with Crippen LogP contribution in [0.25, 0.3) is 33.4 Å². The monoisotopic (exact) mass is 428 g/mol. The molecule has 0 unspecified atom stereocenters. The van der Waals surface area contributed by atoms with Crippen molar-refractivity contribution in [3.05, 3.63) is 53.8 Å². The van der Waals surface area contributed by atoms with Gasteiger partial charge in [0.1, 0.15) is 23.5 Å². The van der Waals surface area contributed by atoms with Crippen LogP contribution >= 0.6 is 0 Å². The first-order chi connectivity index (χ1) is 15.6. The number of nitrogens with zero attached hydrogens (tertiary/aromatic N) is 4. The predicted molar refractivity (Wildman–Crippen MR) is 122 cm³/mol. The number of fused-ring (bicyclic) bond motifs is 1. The highest BCUT2D eigenvalue weighted by atomic mass is 19.1. The van der Waals surface area contributed by atoms with E-state index in [0.717, 1.165) is 30.4 Å². The van der Waals surface area contributed by atoms with Crippen molar-refractivity contribution >= 4 is 22.5 Å². The van der Waals surface area contributed by atoms with Crippen LogP contribution in [0.3, 0.4) is 0 Å². The molecule has 8 heteroatoms. The molecule has 7 nitrogen and oxygen atoms in total. The minimum Gasteiger partial charge on any atom is -0.508 e. The van der Waals surface area contributed by atoms with Gasteiger partial charge in [0, 0.05) is 36.0 Å². The van der Waals surface area contributed by atoms with Crippen molar-refractivity contribution in [2.45, 2.75) is 19.3 Å². The normalized spacial score (nSPS) is 13.9. The van der Waals surface area contributed by atoms with Gasteiger partial charge in [0.25, 0.3) is 0 Å². The van der Waals surface area contributed by atoms with Gasteiger partial charge in [-0.25, -0.2) is 9.37 Å². The lowest BCUT2D eigenvalue weighted by molar-refractivity contribution is 0.469. The first kappa shape index (κ1) is 19.8. The average Bonchev–Trinajstić information content (AvgIpc) is 3.19. The molecule has 0 amide bonds. The number of benzene rings is 2. The molecule has 2 aromatic heterocycles. The molecule has 4 aromatic rings. The van der Waals surface area contributed by atoms with Gasteiger partial charge in [0.15, 0.2) is 5.65 Å². The molecule has 5 rings (SSSR count). The number of nitrogens with one attached hydrogen (secondary N) is 1. The van der Waals surface area contributed by atoms with Gasteiger partial charge in [-0.3, -0.25) is 5.10 Å². The van der Waals surface area contributed by atoms with E-state index < -0.39 is 5.82 Å². The van der Waals surface area contributed by atoms with Crippen LogP contribution in [0.2, 0.25) is 0 Å². The molecule has 0 spiro atoms. The number of halogens is 1. The number of pyridine rings is 1. The maximum atomic E-state index is 14.7. The number of aromatic nitrogens is 3. The number of aromatic hydroxyl groups is 1. The maximum absolute atomic E-state index is 14.7. The number of H-pyrrole nitrogens is 1. The summed E-state index contributed by atoms with van der Waals surface area (Å²) in [6, 6.07) is 13.9.